The lowest BCUT2D eigenvalue weighted by Gasteiger charge is -2.16. The molecule has 8 nitrogen and oxygen atoms in total. The standard InChI is InChI=1S/C15H18N4O4/c1-3-23-15(22)8-4-5-9-10(6-8)19-13(18-9)12(17)11(7(2)16)14(20)21/h4-6,11-12,16H,3,17H2,1-2H3,(H,18,19)(H,20,21). The summed E-state index contributed by atoms with van der Waals surface area (Å²) in [5, 5.41) is 16.8. The van der Waals surface area contributed by atoms with E-state index in [0.29, 0.717) is 16.6 Å². The van der Waals surface area contributed by atoms with Gasteiger partial charge in [-0.25, -0.2) is 9.78 Å². The van der Waals surface area contributed by atoms with Crippen molar-refractivity contribution in [1.82, 2.24) is 9.97 Å². The van der Waals surface area contributed by atoms with Crippen LogP contribution in [0.2, 0.25) is 0 Å². The number of carbonyl (C=O) groups is 2. The first kappa shape index (κ1) is 16.6. The van der Waals surface area contributed by atoms with E-state index in [1.54, 1.807) is 25.1 Å². The number of nitrogens with two attached hydrogens (primary N) is 1. The second kappa shape index (κ2) is 6.57. The highest BCUT2D eigenvalue weighted by Crippen LogP contribution is 2.22. The van der Waals surface area contributed by atoms with Crippen molar-refractivity contribution in [2.45, 2.75) is 19.9 Å². The third kappa shape index (κ3) is 3.37. The summed E-state index contributed by atoms with van der Waals surface area (Å²) in [7, 11) is 0. The zero-order chi connectivity index (χ0) is 17.1. The second-order valence-electron chi connectivity index (χ2n) is 5.10. The Morgan fingerprint density at radius 1 is 1.48 bits per heavy atom. The number of aromatic amines is 1. The van der Waals surface area contributed by atoms with E-state index in [0.717, 1.165) is 0 Å². The number of esters is 1. The largest absolute Gasteiger partial charge is 0.481 e. The number of carboxylic acid groups (broad SMARTS) is 1. The van der Waals surface area contributed by atoms with E-state index < -0.39 is 23.9 Å². The summed E-state index contributed by atoms with van der Waals surface area (Å²) in [6, 6.07) is 3.79. The van der Waals surface area contributed by atoms with Gasteiger partial charge in [-0.15, -0.1) is 0 Å². The number of hydrogen-bond acceptors (Lipinski definition) is 6. The van der Waals surface area contributed by atoms with Crippen LogP contribution in [0.1, 0.15) is 36.1 Å². The molecule has 5 N–H and O–H groups in total. The van der Waals surface area contributed by atoms with E-state index in [2.05, 4.69) is 9.97 Å². The highest BCUT2D eigenvalue weighted by molar-refractivity contribution is 5.99. The number of carboxylic acids is 1. The molecular weight excluding hydrogens is 300 g/mol. The average molecular weight is 318 g/mol. The molecule has 8 heteroatoms. The van der Waals surface area contributed by atoms with Crippen LogP contribution >= 0.6 is 0 Å². The highest BCUT2D eigenvalue weighted by Gasteiger charge is 2.30. The minimum atomic E-state index is -1.18. The third-order valence-corrected chi connectivity index (χ3v) is 3.42. The number of imidazole rings is 1. The molecule has 0 aliphatic carbocycles. The number of H-pyrrole nitrogens is 1. The minimum absolute atomic E-state index is 0.0577. The molecule has 1 aromatic heterocycles. The summed E-state index contributed by atoms with van der Waals surface area (Å²) >= 11 is 0. The zero-order valence-corrected chi connectivity index (χ0v) is 12.8. The first-order chi connectivity index (χ1) is 10.8. The number of aromatic nitrogens is 2. The SMILES string of the molecule is CCOC(=O)c1ccc2nc(C(N)C(C(C)=N)C(=O)O)[nH]c2c1. The number of nitrogens with one attached hydrogen (secondary N) is 2. The third-order valence-electron chi connectivity index (χ3n) is 3.42. The van der Waals surface area contributed by atoms with Crippen LogP contribution in [0.25, 0.3) is 11.0 Å². The van der Waals surface area contributed by atoms with Crippen molar-refractivity contribution >= 4 is 28.7 Å². The van der Waals surface area contributed by atoms with Crippen molar-refractivity contribution in [3.63, 3.8) is 0 Å². The Bertz CT molecular complexity index is 754. The molecule has 1 aromatic carbocycles. The van der Waals surface area contributed by atoms with Gasteiger partial charge in [0.05, 0.1) is 29.2 Å². The van der Waals surface area contributed by atoms with E-state index in [1.807, 2.05) is 0 Å². The quantitative estimate of drug-likeness (QED) is 0.469. The smallest absolute Gasteiger partial charge is 0.338 e. The zero-order valence-electron chi connectivity index (χ0n) is 12.8. The predicted molar refractivity (Wildman–Crippen MR) is 83.5 cm³/mol. The van der Waals surface area contributed by atoms with Crippen LogP contribution in [-0.4, -0.2) is 39.3 Å². The van der Waals surface area contributed by atoms with Crippen molar-refractivity contribution in [3.05, 3.63) is 29.6 Å². The van der Waals surface area contributed by atoms with Crippen molar-refractivity contribution in [2.24, 2.45) is 11.7 Å². The molecule has 2 aromatic rings. The summed E-state index contributed by atoms with van der Waals surface area (Å²) in [5.41, 5.74) is 7.35. The van der Waals surface area contributed by atoms with E-state index in [-0.39, 0.29) is 18.1 Å². The van der Waals surface area contributed by atoms with E-state index >= 15 is 0 Å². The minimum Gasteiger partial charge on any atom is -0.481 e. The molecule has 2 rings (SSSR count). The van der Waals surface area contributed by atoms with Gasteiger partial charge in [0.1, 0.15) is 11.7 Å². The number of hydrogen-bond donors (Lipinski definition) is 4. The molecule has 2 unspecified atom stereocenters. The molecule has 0 spiro atoms. The molecule has 0 saturated heterocycles. The van der Waals surface area contributed by atoms with Crippen molar-refractivity contribution in [3.8, 4) is 0 Å². The van der Waals surface area contributed by atoms with Gasteiger partial charge < -0.3 is 26.0 Å². The second-order valence-corrected chi connectivity index (χ2v) is 5.10. The summed E-state index contributed by atoms with van der Waals surface area (Å²) in [4.78, 5) is 30.2. The number of ether oxygens (including phenoxy) is 1. The maximum atomic E-state index is 11.7. The Balaban J connectivity index is 2.38. The molecule has 1 heterocycles. The molecule has 23 heavy (non-hydrogen) atoms. The molecule has 122 valence electrons. The van der Waals surface area contributed by atoms with E-state index in [4.69, 9.17) is 15.9 Å². The molecule has 0 amide bonds. The van der Waals surface area contributed by atoms with Crippen LogP contribution in [0.5, 0.6) is 0 Å². The van der Waals surface area contributed by atoms with Gasteiger partial charge >= 0.3 is 11.9 Å². The molecule has 0 aliphatic rings. The fourth-order valence-electron chi connectivity index (χ4n) is 2.29. The van der Waals surface area contributed by atoms with Crippen LogP contribution in [0, 0.1) is 11.3 Å². The molecular formula is C15H18N4O4. The Hall–Kier alpha value is -2.74. The number of aliphatic carboxylic acids is 1. The van der Waals surface area contributed by atoms with E-state index in [1.165, 1.54) is 6.92 Å². The van der Waals surface area contributed by atoms with Gasteiger partial charge in [-0.05, 0) is 32.0 Å². The average Bonchev–Trinajstić information content (AvgIpc) is 2.89. The van der Waals surface area contributed by atoms with Crippen LogP contribution in [0.15, 0.2) is 18.2 Å². The van der Waals surface area contributed by atoms with Gasteiger partial charge in [-0.3, -0.25) is 4.79 Å². The Kier molecular flexibility index (Phi) is 4.75. The Labute approximate surface area is 132 Å². The lowest BCUT2D eigenvalue weighted by atomic mass is 9.95. The highest BCUT2D eigenvalue weighted by atomic mass is 16.5. The molecule has 0 aliphatic heterocycles. The molecule has 0 saturated carbocycles. The van der Waals surface area contributed by atoms with Gasteiger partial charge in [0.25, 0.3) is 0 Å². The van der Waals surface area contributed by atoms with Crippen molar-refractivity contribution < 1.29 is 19.4 Å². The Morgan fingerprint density at radius 3 is 2.74 bits per heavy atom. The first-order valence-electron chi connectivity index (χ1n) is 7.05. The number of rotatable bonds is 6. The first-order valence-corrected chi connectivity index (χ1v) is 7.05. The summed E-state index contributed by atoms with van der Waals surface area (Å²) in [6.07, 6.45) is 0. The number of nitrogens with zero attached hydrogens (tertiary/aromatic N) is 1. The van der Waals surface area contributed by atoms with Crippen LogP contribution in [0.4, 0.5) is 0 Å². The number of fused-ring (bicyclic) bond motifs is 1. The van der Waals surface area contributed by atoms with Gasteiger partial charge in [0.15, 0.2) is 0 Å². The maximum Gasteiger partial charge on any atom is 0.338 e. The van der Waals surface area contributed by atoms with Crippen molar-refractivity contribution in [1.29, 1.82) is 5.41 Å². The van der Waals surface area contributed by atoms with Gasteiger partial charge in [-0.2, -0.15) is 0 Å². The van der Waals surface area contributed by atoms with Gasteiger partial charge in [0, 0.05) is 5.71 Å². The van der Waals surface area contributed by atoms with Gasteiger partial charge in [0.2, 0.25) is 0 Å². The summed E-state index contributed by atoms with van der Waals surface area (Å²) < 4.78 is 4.93. The molecule has 0 radical (unpaired) electrons. The maximum absolute atomic E-state index is 11.7. The van der Waals surface area contributed by atoms with Crippen LogP contribution < -0.4 is 5.73 Å². The fourth-order valence-corrected chi connectivity index (χ4v) is 2.29. The Morgan fingerprint density at radius 2 is 2.17 bits per heavy atom. The van der Waals surface area contributed by atoms with Crippen LogP contribution in [0.3, 0.4) is 0 Å². The summed E-state index contributed by atoms with van der Waals surface area (Å²) in [5.74, 6) is -2.55. The molecule has 0 fully saturated rings. The normalized spacial score (nSPS) is 13.5. The topological polar surface area (TPSA) is 142 Å². The van der Waals surface area contributed by atoms with E-state index in [9.17, 15) is 14.7 Å². The fraction of sp³-hybridized carbons (Fsp3) is 0.333. The molecule has 2 atom stereocenters. The monoisotopic (exact) mass is 318 g/mol. The lowest BCUT2D eigenvalue weighted by molar-refractivity contribution is -0.140. The molecule has 0 bridgehead atoms. The lowest BCUT2D eigenvalue weighted by Crippen LogP contribution is -2.33. The van der Waals surface area contributed by atoms with Crippen LogP contribution in [-0.2, 0) is 9.53 Å². The number of carbonyl (C=O) groups excluding carboxylic acids is 1. The predicted octanol–water partition coefficient (Wildman–Crippen LogP) is 1.48. The van der Waals surface area contributed by atoms with Gasteiger partial charge in [-0.1, -0.05) is 0 Å². The number of benzene rings is 1. The summed E-state index contributed by atoms with van der Waals surface area (Å²) in [6.45, 7) is 3.38. The van der Waals surface area contributed by atoms with Crippen molar-refractivity contribution in [2.75, 3.05) is 6.61 Å².